The van der Waals surface area contributed by atoms with Crippen molar-refractivity contribution in [1.82, 2.24) is 0 Å². The second-order valence-electron chi connectivity index (χ2n) is 4.12. The summed E-state index contributed by atoms with van der Waals surface area (Å²) < 4.78 is 69.9. The zero-order valence-corrected chi connectivity index (χ0v) is 9.99. The molecule has 0 rings (SSSR count). The largest absolute Gasteiger partial charge is 0.453 e. The smallest absolute Gasteiger partial charge is 0.323 e. The summed E-state index contributed by atoms with van der Waals surface area (Å²) in [7, 11) is 0. The molecule has 0 fully saturated rings. The van der Waals surface area contributed by atoms with Gasteiger partial charge in [-0.15, -0.1) is 0 Å². The van der Waals surface area contributed by atoms with E-state index >= 15 is 0 Å². The van der Waals surface area contributed by atoms with Gasteiger partial charge in [0.15, 0.2) is 5.60 Å². The molecule has 0 amide bonds. The van der Waals surface area contributed by atoms with Gasteiger partial charge in [0.05, 0.1) is 0 Å². The molecular formula is C10H15F5O2. The van der Waals surface area contributed by atoms with E-state index in [0.29, 0.717) is 0 Å². The van der Waals surface area contributed by atoms with Crippen LogP contribution in [0, 0.1) is 0 Å². The van der Waals surface area contributed by atoms with E-state index in [1.165, 1.54) is 6.92 Å². The first-order valence-electron chi connectivity index (χ1n) is 4.97. The predicted octanol–water partition coefficient (Wildman–Crippen LogP) is 3.35. The SMILES string of the molecule is CCC(C)(OC(C)=O)C(F)(F)C(F)C(C)(F)F. The van der Waals surface area contributed by atoms with Gasteiger partial charge in [-0.2, -0.15) is 8.78 Å². The summed E-state index contributed by atoms with van der Waals surface area (Å²) in [6, 6.07) is 0. The molecule has 2 unspecified atom stereocenters. The van der Waals surface area contributed by atoms with Crippen molar-refractivity contribution in [3.05, 3.63) is 0 Å². The van der Waals surface area contributed by atoms with Crippen molar-refractivity contribution in [2.45, 2.75) is 57.7 Å². The lowest BCUT2D eigenvalue weighted by Crippen LogP contribution is -2.58. The highest BCUT2D eigenvalue weighted by Crippen LogP contribution is 2.44. The Kier molecular flexibility index (Phi) is 4.53. The number of rotatable bonds is 5. The van der Waals surface area contributed by atoms with Gasteiger partial charge in [0.1, 0.15) is 0 Å². The highest BCUT2D eigenvalue weighted by atomic mass is 19.3. The van der Waals surface area contributed by atoms with Crippen LogP contribution in [0.2, 0.25) is 0 Å². The van der Waals surface area contributed by atoms with E-state index in [9.17, 15) is 26.7 Å². The van der Waals surface area contributed by atoms with E-state index in [1.807, 2.05) is 0 Å². The lowest BCUT2D eigenvalue weighted by atomic mass is 9.89. The molecule has 7 heteroatoms. The summed E-state index contributed by atoms with van der Waals surface area (Å²) >= 11 is 0. The molecule has 2 atom stereocenters. The molecule has 0 aromatic carbocycles. The van der Waals surface area contributed by atoms with Crippen molar-refractivity contribution < 1.29 is 31.5 Å². The van der Waals surface area contributed by atoms with Gasteiger partial charge < -0.3 is 4.74 Å². The van der Waals surface area contributed by atoms with Gasteiger partial charge in [0, 0.05) is 13.8 Å². The molecule has 0 aromatic rings. The second-order valence-corrected chi connectivity index (χ2v) is 4.12. The topological polar surface area (TPSA) is 26.3 Å². The van der Waals surface area contributed by atoms with Crippen molar-refractivity contribution in [2.75, 3.05) is 0 Å². The van der Waals surface area contributed by atoms with E-state index in [-0.39, 0.29) is 6.92 Å². The number of carbonyl (C=O) groups excluding carboxylic acids is 1. The number of carbonyl (C=O) groups is 1. The quantitative estimate of drug-likeness (QED) is 0.561. The summed E-state index contributed by atoms with van der Waals surface area (Å²) in [4.78, 5) is 10.7. The Morgan fingerprint density at radius 1 is 1.24 bits per heavy atom. The number of hydrogen-bond acceptors (Lipinski definition) is 2. The van der Waals surface area contributed by atoms with Crippen LogP contribution < -0.4 is 0 Å². The van der Waals surface area contributed by atoms with Crippen LogP contribution in [0.4, 0.5) is 22.0 Å². The molecule has 0 heterocycles. The Morgan fingerprint density at radius 2 is 1.65 bits per heavy atom. The molecule has 0 radical (unpaired) electrons. The van der Waals surface area contributed by atoms with E-state index in [2.05, 4.69) is 4.74 Å². The molecule has 0 aliphatic heterocycles. The van der Waals surface area contributed by atoms with Crippen LogP contribution in [0.15, 0.2) is 0 Å². The zero-order valence-electron chi connectivity index (χ0n) is 9.99. The second kappa shape index (κ2) is 4.78. The number of halogens is 5. The Labute approximate surface area is 96.1 Å². The maximum absolute atomic E-state index is 13.6. The third-order valence-electron chi connectivity index (χ3n) is 2.51. The van der Waals surface area contributed by atoms with E-state index in [0.717, 1.165) is 13.8 Å². The Bertz CT molecular complexity index is 287. The molecule has 102 valence electrons. The minimum Gasteiger partial charge on any atom is -0.453 e. The summed E-state index contributed by atoms with van der Waals surface area (Å²) in [5.74, 6) is -9.79. The number of esters is 1. The Morgan fingerprint density at radius 3 is 1.88 bits per heavy atom. The Balaban J connectivity index is 5.30. The lowest BCUT2D eigenvalue weighted by Gasteiger charge is -2.38. The first kappa shape index (κ1) is 16.1. The van der Waals surface area contributed by atoms with Crippen molar-refractivity contribution >= 4 is 5.97 Å². The first-order chi connectivity index (χ1) is 7.38. The Hall–Kier alpha value is -0.880. The third-order valence-corrected chi connectivity index (χ3v) is 2.51. The molecule has 0 spiro atoms. The van der Waals surface area contributed by atoms with Gasteiger partial charge in [-0.05, 0) is 13.3 Å². The van der Waals surface area contributed by atoms with E-state index in [1.54, 1.807) is 0 Å². The molecule has 2 nitrogen and oxygen atoms in total. The number of alkyl halides is 5. The van der Waals surface area contributed by atoms with Crippen LogP contribution in [0.25, 0.3) is 0 Å². The van der Waals surface area contributed by atoms with Crippen LogP contribution in [-0.4, -0.2) is 29.6 Å². The van der Waals surface area contributed by atoms with E-state index < -0.39 is 36.0 Å². The van der Waals surface area contributed by atoms with Gasteiger partial charge in [0.2, 0.25) is 6.17 Å². The molecule has 0 aromatic heterocycles. The summed E-state index contributed by atoms with van der Waals surface area (Å²) in [5.41, 5.74) is -2.60. The number of ether oxygens (including phenoxy) is 1. The molecule has 0 bridgehead atoms. The molecule has 0 saturated heterocycles. The van der Waals surface area contributed by atoms with Crippen molar-refractivity contribution in [3.63, 3.8) is 0 Å². The molecule has 17 heavy (non-hydrogen) atoms. The summed E-state index contributed by atoms with van der Waals surface area (Å²) in [5, 5.41) is 0. The van der Waals surface area contributed by atoms with Crippen LogP contribution >= 0.6 is 0 Å². The van der Waals surface area contributed by atoms with Gasteiger partial charge in [-0.3, -0.25) is 4.79 Å². The highest BCUT2D eigenvalue weighted by molar-refractivity contribution is 5.66. The molecule has 0 saturated carbocycles. The monoisotopic (exact) mass is 262 g/mol. The standard InChI is InChI=1S/C10H15F5O2/c1-5-8(3,17-6(2)16)10(14,15)7(11)9(4,12)13/h7H,5H2,1-4H3. The van der Waals surface area contributed by atoms with E-state index in [4.69, 9.17) is 0 Å². The lowest BCUT2D eigenvalue weighted by molar-refractivity contribution is -0.259. The zero-order chi connectivity index (χ0) is 14.1. The van der Waals surface area contributed by atoms with Gasteiger partial charge in [-0.25, -0.2) is 13.2 Å². The van der Waals surface area contributed by atoms with Crippen molar-refractivity contribution in [3.8, 4) is 0 Å². The fraction of sp³-hybridized carbons (Fsp3) is 0.900. The van der Waals surface area contributed by atoms with Crippen molar-refractivity contribution in [2.24, 2.45) is 0 Å². The highest BCUT2D eigenvalue weighted by Gasteiger charge is 2.64. The fourth-order valence-electron chi connectivity index (χ4n) is 1.28. The van der Waals surface area contributed by atoms with Gasteiger partial charge in [-0.1, -0.05) is 6.92 Å². The molecule has 0 aliphatic rings. The molecular weight excluding hydrogens is 247 g/mol. The fourth-order valence-corrected chi connectivity index (χ4v) is 1.28. The average Bonchev–Trinajstić information content (AvgIpc) is 2.13. The minimum atomic E-state index is -4.48. The molecule has 0 N–H and O–H groups in total. The number of hydrogen-bond donors (Lipinski definition) is 0. The van der Waals surface area contributed by atoms with Gasteiger partial charge in [0.25, 0.3) is 5.92 Å². The van der Waals surface area contributed by atoms with Gasteiger partial charge >= 0.3 is 11.9 Å². The summed E-state index contributed by atoms with van der Waals surface area (Å²) in [6.07, 6.45) is -4.21. The first-order valence-corrected chi connectivity index (χ1v) is 4.97. The molecule has 0 aliphatic carbocycles. The minimum absolute atomic E-state index is 0.0510. The third kappa shape index (κ3) is 3.29. The van der Waals surface area contributed by atoms with Crippen LogP contribution in [0.1, 0.15) is 34.1 Å². The van der Waals surface area contributed by atoms with Crippen molar-refractivity contribution in [1.29, 1.82) is 0 Å². The maximum Gasteiger partial charge on any atom is 0.323 e. The summed E-state index contributed by atoms with van der Waals surface area (Å²) in [6.45, 7) is 2.82. The average molecular weight is 262 g/mol. The normalized spacial score (nSPS) is 18.4. The van der Waals surface area contributed by atoms with Crippen LogP contribution in [0.5, 0.6) is 0 Å². The maximum atomic E-state index is 13.6. The van der Waals surface area contributed by atoms with Crippen LogP contribution in [0.3, 0.4) is 0 Å². The predicted molar refractivity (Wildman–Crippen MR) is 50.9 cm³/mol. The van der Waals surface area contributed by atoms with Crippen LogP contribution in [-0.2, 0) is 9.53 Å².